The van der Waals surface area contributed by atoms with E-state index in [0.717, 1.165) is 17.6 Å². The van der Waals surface area contributed by atoms with E-state index in [4.69, 9.17) is 4.98 Å². The maximum absolute atomic E-state index is 12.8. The molecule has 4 rings (SSSR count). The van der Waals surface area contributed by atoms with Crippen molar-refractivity contribution in [3.63, 3.8) is 0 Å². The highest BCUT2D eigenvalue weighted by atomic mass is 16.3. The fraction of sp³-hybridized carbons (Fsp3) is 0.609. The van der Waals surface area contributed by atoms with Gasteiger partial charge >= 0.3 is 5.69 Å². The van der Waals surface area contributed by atoms with Crippen LogP contribution in [0.3, 0.4) is 0 Å². The normalized spacial score (nSPS) is 22.0. The van der Waals surface area contributed by atoms with Gasteiger partial charge in [0.2, 0.25) is 0 Å². The number of imidazole rings is 1. The van der Waals surface area contributed by atoms with Gasteiger partial charge in [-0.2, -0.15) is 0 Å². The summed E-state index contributed by atoms with van der Waals surface area (Å²) >= 11 is 0. The molecule has 1 fully saturated rings. The molecule has 7 nitrogen and oxygen atoms in total. The van der Waals surface area contributed by atoms with E-state index < -0.39 is 5.60 Å². The molecule has 3 heterocycles. The van der Waals surface area contributed by atoms with Gasteiger partial charge in [0.05, 0.1) is 11.2 Å². The molecule has 1 amide bonds. The summed E-state index contributed by atoms with van der Waals surface area (Å²) in [4.78, 5) is 31.7. The number of nitrogens with zero attached hydrogens (tertiary/aromatic N) is 4. The summed E-state index contributed by atoms with van der Waals surface area (Å²) in [5.41, 5.74) is 2.28. The number of likely N-dealkylation sites (tertiary alicyclic amines) is 1. The van der Waals surface area contributed by atoms with Gasteiger partial charge in [0, 0.05) is 26.7 Å². The molecular weight excluding hydrogens is 380 g/mol. The summed E-state index contributed by atoms with van der Waals surface area (Å²) in [6.07, 6.45) is 3.08. The molecule has 0 aromatic carbocycles. The van der Waals surface area contributed by atoms with Crippen LogP contribution in [-0.2, 0) is 18.4 Å². The predicted octanol–water partition coefficient (Wildman–Crippen LogP) is 2.41. The molecule has 30 heavy (non-hydrogen) atoms. The van der Waals surface area contributed by atoms with Gasteiger partial charge in [0.15, 0.2) is 5.65 Å². The molecule has 0 bridgehead atoms. The molecule has 0 radical (unpaired) electrons. The third-order valence-corrected chi connectivity index (χ3v) is 6.14. The highest BCUT2D eigenvalue weighted by Crippen LogP contribution is 2.41. The Labute approximate surface area is 177 Å². The molecule has 1 N–H and O–H groups in total. The number of allylic oxidation sites excluding steroid dienone is 1. The number of hydrogen-bond acceptors (Lipinski definition) is 4. The molecule has 2 unspecified atom stereocenters. The zero-order valence-corrected chi connectivity index (χ0v) is 18.8. The molecule has 1 saturated heterocycles. The van der Waals surface area contributed by atoms with Crippen LogP contribution in [0.15, 0.2) is 23.0 Å². The van der Waals surface area contributed by atoms with Gasteiger partial charge in [0.25, 0.3) is 5.91 Å². The molecular formula is C23H32N4O3. The molecule has 2 aliphatic rings. The van der Waals surface area contributed by atoms with Gasteiger partial charge in [0.1, 0.15) is 5.60 Å². The highest BCUT2D eigenvalue weighted by molar-refractivity contribution is 5.84. The number of carbonyl (C=O) groups excluding carboxylic acids is 1. The summed E-state index contributed by atoms with van der Waals surface area (Å²) in [6.45, 7) is 11.4. The minimum Gasteiger partial charge on any atom is -0.381 e. The Kier molecular flexibility index (Phi) is 4.73. The maximum Gasteiger partial charge on any atom is 0.330 e. The highest BCUT2D eigenvalue weighted by Gasteiger charge is 2.41. The number of aromatic nitrogens is 3. The first-order valence-corrected chi connectivity index (χ1v) is 10.6. The van der Waals surface area contributed by atoms with Crippen molar-refractivity contribution < 1.29 is 9.90 Å². The second kappa shape index (κ2) is 6.80. The number of hydrogen-bond donors (Lipinski definition) is 1. The van der Waals surface area contributed by atoms with E-state index >= 15 is 0 Å². The Hall–Kier alpha value is -2.41. The van der Waals surface area contributed by atoms with E-state index in [-0.39, 0.29) is 22.9 Å². The van der Waals surface area contributed by atoms with Crippen molar-refractivity contribution >= 4 is 22.6 Å². The van der Waals surface area contributed by atoms with Gasteiger partial charge in [-0.3, -0.25) is 13.9 Å². The van der Waals surface area contributed by atoms with Crippen LogP contribution >= 0.6 is 0 Å². The molecule has 162 valence electrons. The first kappa shape index (κ1) is 20.8. The van der Waals surface area contributed by atoms with Crippen LogP contribution in [0.2, 0.25) is 0 Å². The van der Waals surface area contributed by atoms with Crippen LogP contribution in [0, 0.1) is 17.3 Å². The lowest BCUT2D eigenvalue weighted by Gasteiger charge is -2.25. The monoisotopic (exact) mass is 412 g/mol. The van der Waals surface area contributed by atoms with Crippen molar-refractivity contribution in [2.75, 3.05) is 13.1 Å². The quantitative estimate of drug-likeness (QED) is 0.840. The number of rotatable bonds is 3. The number of pyridine rings is 1. The van der Waals surface area contributed by atoms with Crippen molar-refractivity contribution in [2.45, 2.75) is 53.2 Å². The SMILES string of the molecule is Cn1c(=O)n(CC(C)(C)C)c2ccc(C3=CC4CN(C(=O)C(C)(C)O)CC4C3)nc21. The van der Waals surface area contributed by atoms with E-state index in [1.165, 1.54) is 5.57 Å². The molecule has 0 saturated carbocycles. The molecule has 2 atom stereocenters. The Balaban J connectivity index is 1.61. The van der Waals surface area contributed by atoms with Crippen molar-refractivity contribution in [3.05, 3.63) is 34.4 Å². The van der Waals surface area contributed by atoms with E-state index in [9.17, 15) is 14.7 Å². The van der Waals surface area contributed by atoms with Crippen molar-refractivity contribution in [2.24, 2.45) is 24.3 Å². The topological polar surface area (TPSA) is 80.4 Å². The van der Waals surface area contributed by atoms with E-state index in [2.05, 4.69) is 26.8 Å². The lowest BCUT2D eigenvalue weighted by atomic mass is 9.97. The zero-order chi connectivity index (χ0) is 22.0. The van der Waals surface area contributed by atoms with E-state index in [1.54, 1.807) is 30.4 Å². The standard InChI is InChI=1S/C23H32N4O3/c1-22(2,3)13-27-18-8-7-17(24-19(18)25(6)21(27)29)14-9-15-11-26(12-16(15)10-14)20(28)23(4,5)30/h7-9,15-16,30H,10-13H2,1-6H3. The van der Waals surface area contributed by atoms with E-state index in [1.807, 2.05) is 16.7 Å². The van der Waals surface area contributed by atoms with Gasteiger partial charge in [-0.25, -0.2) is 9.78 Å². The Morgan fingerprint density at radius 1 is 1.20 bits per heavy atom. The molecule has 0 spiro atoms. The van der Waals surface area contributed by atoms with Crippen LogP contribution in [0.5, 0.6) is 0 Å². The van der Waals surface area contributed by atoms with Crippen LogP contribution in [-0.4, -0.2) is 48.7 Å². The van der Waals surface area contributed by atoms with Crippen molar-refractivity contribution in [1.82, 2.24) is 19.0 Å². The largest absolute Gasteiger partial charge is 0.381 e. The second-order valence-electron chi connectivity index (χ2n) is 10.6. The third-order valence-electron chi connectivity index (χ3n) is 6.14. The maximum atomic E-state index is 12.8. The Bertz CT molecular complexity index is 1090. The van der Waals surface area contributed by atoms with Gasteiger partial charge in [-0.1, -0.05) is 26.8 Å². The minimum atomic E-state index is -1.33. The third kappa shape index (κ3) is 3.60. The molecule has 2 aromatic heterocycles. The fourth-order valence-electron chi connectivity index (χ4n) is 4.73. The van der Waals surface area contributed by atoms with Gasteiger partial charge in [-0.15, -0.1) is 0 Å². The summed E-state index contributed by atoms with van der Waals surface area (Å²) in [5.74, 6) is 0.442. The number of aliphatic hydroxyl groups is 1. The first-order chi connectivity index (χ1) is 13.8. The van der Waals surface area contributed by atoms with Gasteiger partial charge in [-0.05, 0) is 55.2 Å². The average Bonchev–Trinajstić information content (AvgIpc) is 3.26. The molecule has 1 aliphatic carbocycles. The number of amides is 1. The first-order valence-electron chi connectivity index (χ1n) is 10.6. The lowest BCUT2D eigenvalue weighted by molar-refractivity contribution is -0.146. The second-order valence-corrected chi connectivity index (χ2v) is 10.6. The summed E-state index contributed by atoms with van der Waals surface area (Å²) in [6, 6.07) is 4.01. The van der Waals surface area contributed by atoms with Crippen LogP contribution in [0.1, 0.15) is 46.7 Å². The summed E-state index contributed by atoms with van der Waals surface area (Å²) in [5, 5.41) is 10.0. The predicted molar refractivity (Wildman–Crippen MR) is 117 cm³/mol. The molecule has 1 aliphatic heterocycles. The molecule has 2 aromatic rings. The Morgan fingerprint density at radius 2 is 1.90 bits per heavy atom. The van der Waals surface area contributed by atoms with Crippen LogP contribution in [0.25, 0.3) is 16.7 Å². The summed E-state index contributed by atoms with van der Waals surface area (Å²) in [7, 11) is 1.78. The van der Waals surface area contributed by atoms with Crippen LogP contribution < -0.4 is 5.69 Å². The average molecular weight is 413 g/mol. The van der Waals surface area contributed by atoms with Crippen molar-refractivity contribution in [3.8, 4) is 0 Å². The number of carbonyl (C=O) groups is 1. The smallest absolute Gasteiger partial charge is 0.330 e. The fourth-order valence-corrected chi connectivity index (χ4v) is 4.73. The summed E-state index contributed by atoms with van der Waals surface area (Å²) < 4.78 is 3.44. The van der Waals surface area contributed by atoms with Gasteiger partial charge < -0.3 is 10.0 Å². The Morgan fingerprint density at radius 3 is 2.50 bits per heavy atom. The lowest BCUT2D eigenvalue weighted by Crippen LogP contribution is -2.44. The number of fused-ring (bicyclic) bond motifs is 2. The zero-order valence-electron chi connectivity index (χ0n) is 18.8. The van der Waals surface area contributed by atoms with Crippen molar-refractivity contribution in [1.29, 1.82) is 0 Å². The van der Waals surface area contributed by atoms with Crippen LogP contribution in [0.4, 0.5) is 0 Å². The minimum absolute atomic E-state index is 0.00531. The number of aryl methyl sites for hydroxylation is 1. The van der Waals surface area contributed by atoms with E-state index in [0.29, 0.717) is 31.2 Å². The molecule has 7 heteroatoms.